The van der Waals surface area contributed by atoms with Gasteiger partial charge in [-0.3, -0.25) is 14.9 Å². The van der Waals surface area contributed by atoms with E-state index in [4.69, 9.17) is 20.9 Å². The quantitative estimate of drug-likeness (QED) is 0.266. The van der Waals surface area contributed by atoms with Crippen LogP contribution in [0, 0.1) is 12.7 Å². The smallest absolute Gasteiger partial charge is 0.255 e. The molecule has 2 aromatic heterocycles. The molecular formula is C28H26ClFN6O5. The number of carbonyl (C=O) groups is 2. The lowest BCUT2D eigenvalue weighted by molar-refractivity contribution is -0.126. The van der Waals surface area contributed by atoms with Gasteiger partial charge >= 0.3 is 0 Å². The number of aryl methyl sites for hydroxylation is 1. The summed E-state index contributed by atoms with van der Waals surface area (Å²) in [5.41, 5.74) is 3.14. The first-order valence-corrected chi connectivity index (χ1v) is 13.0. The van der Waals surface area contributed by atoms with Gasteiger partial charge in [0, 0.05) is 29.8 Å². The molecule has 0 saturated heterocycles. The van der Waals surface area contributed by atoms with Crippen LogP contribution in [-0.2, 0) is 11.3 Å². The lowest BCUT2D eigenvalue weighted by Crippen LogP contribution is -2.46. The molecule has 3 N–H and O–H groups in total. The first-order chi connectivity index (χ1) is 19.7. The summed E-state index contributed by atoms with van der Waals surface area (Å²) in [4.78, 5) is 36.6. The molecule has 0 saturated carbocycles. The number of hydrogen-bond acceptors (Lipinski definition) is 9. The van der Waals surface area contributed by atoms with E-state index in [0.717, 1.165) is 5.56 Å². The van der Waals surface area contributed by atoms with Crippen LogP contribution in [0.3, 0.4) is 0 Å². The summed E-state index contributed by atoms with van der Waals surface area (Å²) in [5, 5.41) is 19.6. The van der Waals surface area contributed by atoms with Crippen molar-refractivity contribution >= 4 is 35.2 Å². The summed E-state index contributed by atoms with van der Waals surface area (Å²) in [5.74, 6) is -0.581. The van der Waals surface area contributed by atoms with Crippen molar-refractivity contribution < 1.29 is 28.3 Å². The van der Waals surface area contributed by atoms with E-state index in [0.29, 0.717) is 34.0 Å². The normalized spacial score (nSPS) is 14.0. The highest BCUT2D eigenvalue weighted by molar-refractivity contribution is 6.33. The van der Waals surface area contributed by atoms with E-state index in [1.165, 1.54) is 36.4 Å². The van der Waals surface area contributed by atoms with Crippen LogP contribution >= 0.6 is 11.6 Å². The monoisotopic (exact) mass is 580 g/mol. The molecule has 0 radical (unpaired) electrons. The van der Waals surface area contributed by atoms with E-state index in [1.807, 2.05) is 0 Å². The molecule has 0 spiro atoms. The first kappa shape index (κ1) is 28.0. The Balaban J connectivity index is 1.33. The van der Waals surface area contributed by atoms with Gasteiger partial charge in [-0.05, 0) is 43.2 Å². The molecule has 0 fully saturated rings. The maximum Gasteiger partial charge on any atom is 0.255 e. The Morgan fingerprint density at radius 3 is 2.78 bits per heavy atom. The summed E-state index contributed by atoms with van der Waals surface area (Å²) in [6.07, 6.45) is 1.44. The third kappa shape index (κ3) is 5.83. The minimum Gasteiger partial charge on any atom is -0.497 e. The van der Waals surface area contributed by atoms with Crippen molar-refractivity contribution in [2.75, 3.05) is 19.0 Å². The number of aliphatic hydroxyl groups is 1. The molecule has 2 amide bonds. The van der Waals surface area contributed by atoms with Crippen LogP contribution in [0.5, 0.6) is 5.75 Å². The molecular weight excluding hydrogens is 555 g/mol. The average Bonchev–Trinajstić information content (AvgIpc) is 3.53. The van der Waals surface area contributed by atoms with E-state index in [1.54, 1.807) is 38.1 Å². The Morgan fingerprint density at radius 2 is 2.07 bits per heavy atom. The second-order valence-electron chi connectivity index (χ2n) is 9.50. The lowest BCUT2D eigenvalue weighted by Gasteiger charge is -2.26. The fourth-order valence-electron chi connectivity index (χ4n) is 4.52. The zero-order valence-corrected chi connectivity index (χ0v) is 23.1. The van der Waals surface area contributed by atoms with Crippen molar-refractivity contribution in [2.24, 2.45) is 0 Å². The van der Waals surface area contributed by atoms with E-state index in [2.05, 4.69) is 25.8 Å². The van der Waals surface area contributed by atoms with Crippen LogP contribution in [0.15, 0.2) is 53.2 Å². The lowest BCUT2D eigenvalue weighted by atomic mass is 10.0. The third-order valence-electron chi connectivity index (χ3n) is 6.70. The summed E-state index contributed by atoms with van der Waals surface area (Å²) >= 11 is 6.40. The van der Waals surface area contributed by atoms with Crippen LogP contribution in [0.1, 0.15) is 40.1 Å². The molecule has 11 nitrogen and oxygen atoms in total. The number of halogens is 2. The number of nitrogens with zero attached hydrogens (tertiary/aromatic N) is 4. The number of aromatic nitrogens is 3. The molecule has 2 aromatic carbocycles. The van der Waals surface area contributed by atoms with E-state index in [-0.39, 0.29) is 29.2 Å². The number of nitrogens with one attached hydrogen (secondary N) is 2. The molecule has 1 aliphatic rings. The Morgan fingerprint density at radius 1 is 1.27 bits per heavy atom. The molecule has 0 bridgehead atoms. The van der Waals surface area contributed by atoms with Gasteiger partial charge in [0.2, 0.25) is 17.7 Å². The largest absolute Gasteiger partial charge is 0.497 e. The Kier molecular flexibility index (Phi) is 7.86. The number of aliphatic hydroxyl groups excluding tert-OH is 1. The van der Waals surface area contributed by atoms with E-state index < -0.39 is 30.4 Å². The van der Waals surface area contributed by atoms with Crippen LogP contribution in [0.25, 0.3) is 11.3 Å². The molecule has 4 aromatic rings. The number of methoxy groups -OCH3 is 1. The number of hydrogen-bond donors (Lipinski definition) is 3. The highest BCUT2D eigenvalue weighted by Crippen LogP contribution is 2.33. The second kappa shape index (κ2) is 11.5. The number of anilines is 2. The molecule has 13 heteroatoms. The highest BCUT2D eigenvalue weighted by Gasteiger charge is 2.35. The van der Waals surface area contributed by atoms with Crippen LogP contribution < -0.4 is 15.4 Å². The SMILES string of the molecule is COc1cc(F)cc([C@@H](CO)NC(=O)[C@@H](C)N2Cc3ccc(-c4nc(Nc5cc(C)no5)ncc4Cl)cc3C2=O)c1. The predicted octanol–water partition coefficient (Wildman–Crippen LogP) is 4.18. The summed E-state index contributed by atoms with van der Waals surface area (Å²) in [6.45, 7) is 3.10. The number of ether oxygens (including phenoxy) is 1. The summed E-state index contributed by atoms with van der Waals surface area (Å²) in [7, 11) is 1.39. The van der Waals surface area contributed by atoms with Gasteiger partial charge in [-0.1, -0.05) is 28.9 Å². The minimum absolute atomic E-state index is 0.204. The van der Waals surface area contributed by atoms with E-state index >= 15 is 0 Å². The fourth-order valence-corrected chi connectivity index (χ4v) is 4.72. The number of amides is 2. The van der Waals surface area contributed by atoms with Gasteiger partial charge < -0.3 is 24.6 Å². The predicted molar refractivity (Wildman–Crippen MR) is 147 cm³/mol. The van der Waals surface area contributed by atoms with Gasteiger partial charge in [0.05, 0.1) is 42.4 Å². The molecule has 3 heterocycles. The van der Waals surface area contributed by atoms with Crippen molar-refractivity contribution in [1.82, 2.24) is 25.3 Å². The number of benzene rings is 2. The molecule has 1 aliphatic heterocycles. The zero-order chi connectivity index (χ0) is 29.3. The maximum atomic E-state index is 14.0. The third-order valence-corrected chi connectivity index (χ3v) is 6.98. The highest BCUT2D eigenvalue weighted by atomic mass is 35.5. The van der Waals surface area contributed by atoms with Crippen molar-refractivity contribution in [3.63, 3.8) is 0 Å². The first-order valence-electron chi connectivity index (χ1n) is 12.6. The van der Waals surface area contributed by atoms with Crippen molar-refractivity contribution in [2.45, 2.75) is 32.5 Å². The Bertz CT molecular complexity index is 1630. The molecule has 41 heavy (non-hydrogen) atoms. The number of carbonyl (C=O) groups excluding carboxylic acids is 2. The maximum absolute atomic E-state index is 14.0. The van der Waals surface area contributed by atoms with Crippen LogP contribution in [0.2, 0.25) is 5.02 Å². The molecule has 212 valence electrons. The topological polar surface area (TPSA) is 143 Å². The van der Waals surface area contributed by atoms with Crippen molar-refractivity contribution in [1.29, 1.82) is 0 Å². The molecule has 0 aliphatic carbocycles. The number of fused-ring (bicyclic) bond motifs is 1. The zero-order valence-electron chi connectivity index (χ0n) is 22.3. The van der Waals surface area contributed by atoms with Gasteiger partial charge in [-0.2, -0.15) is 0 Å². The van der Waals surface area contributed by atoms with Gasteiger partial charge in [-0.25, -0.2) is 14.4 Å². The van der Waals surface area contributed by atoms with Crippen LogP contribution in [-0.4, -0.2) is 56.7 Å². The van der Waals surface area contributed by atoms with Crippen molar-refractivity contribution in [3.05, 3.63) is 81.9 Å². The summed E-state index contributed by atoms with van der Waals surface area (Å²) in [6, 6.07) is 9.09. The number of rotatable bonds is 9. The van der Waals surface area contributed by atoms with Gasteiger partial charge in [0.1, 0.15) is 17.6 Å². The van der Waals surface area contributed by atoms with Gasteiger partial charge in [0.15, 0.2) is 0 Å². The van der Waals surface area contributed by atoms with Gasteiger partial charge in [0.25, 0.3) is 5.91 Å². The van der Waals surface area contributed by atoms with Gasteiger partial charge in [-0.15, -0.1) is 0 Å². The van der Waals surface area contributed by atoms with Crippen molar-refractivity contribution in [3.8, 4) is 17.0 Å². The molecule has 0 unspecified atom stereocenters. The Hall–Kier alpha value is -4.55. The summed E-state index contributed by atoms with van der Waals surface area (Å²) < 4.78 is 24.2. The molecule has 2 atom stereocenters. The Labute approximate surface area is 239 Å². The average molecular weight is 581 g/mol. The standard InChI is InChI=1S/C28H26ClFN6O5/c1-14-6-24(41-35-14)33-28-31-11-22(29)25(34-28)16-4-5-17-12-36(27(39)21(17)9-16)15(2)26(38)32-23(13-37)18-7-19(30)10-20(8-18)40-3/h4-11,15,23,37H,12-13H2,1-3H3,(H,32,38)(H,31,33,34)/t15-,23-/m1/s1. The minimum atomic E-state index is -0.898. The fraction of sp³-hybridized carbons (Fsp3) is 0.250. The van der Waals surface area contributed by atoms with E-state index in [9.17, 15) is 19.1 Å². The second-order valence-corrected chi connectivity index (χ2v) is 9.90. The van der Waals surface area contributed by atoms with Crippen LogP contribution in [0.4, 0.5) is 16.2 Å². The molecule has 5 rings (SSSR count).